The van der Waals surface area contributed by atoms with Gasteiger partial charge in [-0.25, -0.2) is 0 Å². The normalized spacial score (nSPS) is 10.5. The first kappa shape index (κ1) is 21.5. The largest absolute Gasteiger partial charge is 0.394 e. The van der Waals surface area contributed by atoms with E-state index < -0.39 is 0 Å². The number of rotatable bonds is 16. The maximum absolute atomic E-state index is 8.57. The summed E-state index contributed by atoms with van der Waals surface area (Å²) in [4.78, 5) is 0. The van der Waals surface area contributed by atoms with Crippen LogP contribution in [0.3, 0.4) is 0 Å². The molecule has 0 bridgehead atoms. The van der Waals surface area contributed by atoms with Crippen LogP contribution in [0.5, 0.6) is 0 Å². The molecule has 2 heteroatoms. The van der Waals surface area contributed by atoms with Gasteiger partial charge in [0.25, 0.3) is 0 Å². The highest BCUT2D eigenvalue weighted by molar-refractivity contribution is 4.98. The zero-order chi connectivity index (χ0) is 16.1. The van der Waals surface area contributed by atoms with Gasteiger partial charge in [-0.1, -0.05) is 64.7 Å². The fraction of sp³-hybridized carbons (Fsp3) is 0.900. The van der Waals surface area contributed by atoms with Gasteiger partial charge in [0.15, 0.2) is 0 Å². The van der Waals surface area contributed by atoms with Crippen molar-refractivity contribution in [2.24, 2.45) is 0 Å². The molecule has 1 N–H and O–H groups in total. The van der Waals surface area contributed by atoms with E-state index in [0.29, 0.717) is 6.61 Å². The molecular formula is C20H38O2. The molecule has 0 heterocycles. The third kappa shape index (κ3) is 19.5. The van der Waals surface area contributed by atoms with Crippen molar-refractivity contribution in [3.05, 3.63) is 0 Å². The molecule has 0 saturated heterocycles. The molecule has 2 nitrogen and oxygen atoms in total. The second-order valence-corrected chi connectivity index (χ2v) is 6.08. The summed E-state index contributed by atoms with van der Waals surface area (Å²) < 4.78 is 5.23. The third-order valence-corrected chi connectivity index (χ3v) is 3.86. The summed E-state index contributed by atoms with van der Waals surface area (Å²) in [7, 11) is 0. The van der Waals surface area contributed by atoms with Crippen molar-refractivity contribution < 1.29 is 9.84 Å². The van der Waals surface area contributed by atoms with Crippen molar-refractivity contribution in [2.75, 3.05) is 19.8 Å². The van der Waals surface area contributed by atoms with Crippen molar-refractivity contribution in [2.45, 2.75) is 96.8 Å². The lowest BCUT2D eigenvalue weighted by Gasteiger charge is -2.02. The SMILES string of the molecule is CCCCCCCCC#CCCCCCCCCOCCO. The van der Waals surface area contributed by atoms with E-state index in [-0.39, 0.29) is 6.61 Å². The van der Waals surface area contributed by atoms with Crippen LogP contribution in [0.2, 0.25) is 0 Å². The van der Waals surface area contributed by atoms with Crippen LogP contribution in [0.1, 0.15) is 96.8 Å². The Labute approximate surface area is 139 Å². The Balaban J connectivity index is 3.06. The smallest absolute Gasteiger partial charge is 0.0697 e. The Morgan fingerprint density at radius 2 is 1.14 bits per heavy atom. The lowest BCUT2D eigenvalue weighted by atomic mass is 10.1. The van der Waals surface area contributed by atoms with Crippen molar-refractivity contribution in [1.29, 1.82) is 0 Å². The van der Waals surface area contributed by atoms with Crippen LogP contribution in [0.15, 0.2) is 0 Å². The average molecular weight is 311 g/mol. The quantitative estimate of drug-likeness (QED) is 0.302. The predicted octanol–water partition coefficient (Wildman–Crippen LogP) is 5.48. The van der Waals surface area contributed by atoms with Crippen molar-refractivity contribution >= 4 is 0 Å². The van der Waals surface area contributed by atoms with Crippen LogP contribution in [-0.2, 0) is 4.74 Å². The predicted molar refractivity (Wildman–Crippen MR) is 96.0 cm³/mol. The van der Waals surface area contributed by atoms with Gasteiger partial charge in [-0.3, -0.25) is 0 Å². The first-order valence-corrected chi connectivity index (χ1v) is 9.56. The number of unbranched alkanes of at least 4 members (excludes halogenated alkanes) is 12. The number of ether oxygens (including phenoxy) is 1. The van der Waals surface area contributed by atoms with Crippen LogP contribution in [0.4, 0.5) is 0 Å². The van der Waals surface area contributed by atoms with Crippen LogP contribution in [-0.4, -0.2) is 24.9 Å². The minimum absolute atomic E-state index is 0.139. The third-order valence-electron chi connectivity index (χ3n) is 3.86. The average Bonchev–Trinajstić information content (AvgIpc) is 2.54. The molecule has 0 aliphatic carbocycles. The summed E-state index contributed by atoms with van der Waals surface area (Å²) >= 11 is 0. The van der Waals surface area contributed by atoms with E-state index in [4.69, 9.17) is 9.84 Å². The minimum Gasteiger partial charge on any atom is -0.394 e. The van der Waals surface area contributed by atoms with Gasteiger partial charge >= 0.3 is 0 Å². The first-order chi connectivity index (χ1) is 10.9. The van der Waals surface area contributed by atoms with Gasteiger partial charge in [0.1, 0.15) is 0 Å². The molecule has 0 saturated carbocycles. The Bertz CT molecular complexity index is 252. The van der Waals surface area contributed by atoms with Gasteiger partial charge in [-0.2, -0.15) is 0 Å². The molecule has 0 spiro atoms. The van der Waals surface area contributed by atoms with Gasteiger partial charge in [0, 0.05) is 19.4 Å². The molecule has 0 aromatic carbocycles. The number of hydrogen-bond donors (Lipinski definition) is 1. The second-order valence-electron chi connectivity index (χ2n) is 6.08. The van der Waals surface area contributed by atoms with Crippen molar-refractivity contribution in [1.82, 2.24) is 0 Å². The van der Waals surface area contributed by atoms with Crippen LogP contribution < -0.4 is 0 Å². The van der Waals surface area contributed by atoms with Gasteiger partial charge in [-0.05, 0) is 19.3 Å². The highest BCUT2D eigenvalue weighted by Crippen LogP contribution is 2.08. The number of hydrogen-bond acceptors (Lipinski definition) is 2. The molecule has 0 aromatic heterocycles. The summed E-state index contributed by atoms with van der Waals surface area (Å²) in [6, 6.07) is 0. The summed E-state index contributed by atoms with van der Waals surface area (Å²) in [6.07, 6.45) is 17.9. The van der Waals surface area contributed by atoms with Crippen molar-refractivity contribution in [3.8, 4) is 11.8 Å². The Kier molecular flexibility index (Phi) is 20.0. The molecule has 0 fully saturated rings. The van der Waals surface area contributed by atoms with Crippen molar-refractivity contribution in [3.63, 3.8) is 0 Å². The summed E-state index contributed by atoms with van der Waals surface area (Å²) in [5, 5.41) is 8.57. The van der Waals surface area contributed by atoms with E-state index in [1.807, 2.05) is 0 Å². The van der Waals surface area contributed by atoms with Gasteiger partial charge < -0.3 is 9.84 Å². The Hall–Kier alpha value is -0.520. The molecule has 0 rings (SSSR count). The zero-order valence-corrected chi connectivity index (χ0v) is 14.9. The maximum Gasteiger partial charge on any atom is 0.0697 e. The fourth-order valence-corrected chi connectivity index (χ4v) is 2.46. The Morgan fingerprint density at radius 3 is 1.68 bits per heavy atom. The number of aliphatic hydroxyl groups is 1. The molecule has 0 aromatic rings. The van der Waals surface area contributed by atoms with Crippen LogP contribution in [0, 0.1) is 11.8 Å². The van der Waals surface area contributed by atoms with E-state index in [9.17, 15) is 0 Å². The molecule has 0 radical (unpaired) electrons. The molecule has 0 atom stereocenters. The lowest BCUT2D eigenvalue weighted by Crippen LogP contribution is -2.00. The molecular weight excluding hydrogens is 272 g/mol. The maximum atomic E-state index is 8.57. The molecule has 0 amide bonds. The second kappa shape index (κ2) is 20.5. The first-order valence-electron chi connectivity index (χ1n) is 9.56. The molecule has 0 aliphatic heterocycles. The fourth-order valence-electron chi connectivity index (χ4n) is 2.46. The summed E-state index contributed by atoms with van der Waals surface area (Å²) in [5.41, 5.74) is 0. The standard InChI is InChI=1S/C20H38O2/c1-2-3-4-5-6-7-8-9-10-11-12-13-14-15-16-17-19-22-20-18-21/h21H,2-8,11-20H2,1H3. The van der Waals surface area contributed by atoms with Gasteiger partial charge in [0.2, 0.25) is 0 Å². The van der Waals surface area contributed by atoms with Gasteiger partial charge in [0.05, 0.1) is 13.2 Å². The molecule has 0 unspecified atom stereocenters. The monoisotopic (exact) mass is 310 g/mol. The van der Waals surface area contributed by atoms with E-state index in [0.717, 1.165) is 25.9 Å². The minimum atomic E-state index is 0.139. The van der Waals surface area contributed by atoms with E-state index in [1.165, 1.54) is 70.6 Å². The topological polar surface area (TPSA) is 29.5 Å². The summed E-state index contributed by atoms with van der Waals surface area (Å²) in [6.45, 7) is 3.68. The van der Waals surface area contributed by atoms with E-state index >= 15 is 0 Å². The Morgan fingerprint density at radius 1 is 0.636 bits per heavy atom. The zero-order valence-electron chi connectivity index (χ0n) is 14.9. The summed E-state index contributed by atoms with van der Waals surface area (Å²) in [5.74, 6) is 6.64. The van der Waals surface area contributed by atoms with Crippen LogP contribution in [0.25, 0.3) is 0 Å². The molecule has 0 aliphatic rings. The molecule has 22 heavy (non-hydrogen) atoms. The van der Waals surface area contributed by atoms with Crippen LogP contribution >= 0.6 is 0 Å². The van der Waals surface area contributed by atoms with E-state index in [1.54, 1.807) is 0 Å². The highest BCUT2D eigenvalue weighted by Gasteiger charge is 1.92. The van der Waals surface area contributed by atoms with Gasteiger partial charge in [-0.15, -0.1) is 11.8 Å². The number of aliphatic hydroxyl groups excluding tert-OH is 1. The molecule has 130 valence electrons. The highest BCUT2D eigenvalue weighted by atomic mass is 16.5. The van der Waals surface area contributed by atoms with E-state index in [2.05, 4.69) is 18.8 Å². The lowest BCUT2D eigenvalue weighted by molar-refractivity contribution is 0.0895.